The number of hydrogen-bond donors (Lipinski definition) is 2. The van der Waals surface area contributed by atoms with E-state index >= 15 is 0 Å². The van der Waals surface area contributed by atoms with Crippen molar-refractivity contribution in [3.63, 3.8) is 0 Å². The molecule has 1 amide bonds. The fraction of sp³-hybridized carbons (Fsp3) is 0.219. The average Bonchev–Trinajstić information content (AvgIpc) is 2.92. The predicted octanol–water partition coefficient (Wildman–Crippen LogP) is 8.23. The molecule has 37 heavy (non-hydrogen) atoms. The Labute approximate surface area is 227 Å². The summed E-state index contributed by atoms with van der Waals surface area (Å²) in [6.07, 6.45) is 1.51. The molecular formula is C32H32BrNO3. The van der Waals surface area contributed by atoms with Crippen LogP contribution in [0.5, 0.6) is 11.5 Å². The minimum Gasteiger partial charge on any atom is -0.507 e. The largest absolute Gasteiger partial charge is 0.507 e. The van der Waals surface area contributed by atoms with Gasteiger partial charge >= 0.3 is 0 Å². The standard InChI is InChI=1S/C32H32BrNO3/c1-5-22-17-26(15-20(3)31(22)36)24-7-11-28(12-8-24)34(30(35)19-33)29-13-9-25(10-14-29)27-16-21(4)32(37)23(6-2)18-27/h7-18,36-37H,5-6,19H2,1-4H3. The number of carbonyl (C=O) groups excluding carboxylic acids is 1. The van der Waals surface area contributed by atoms with E-state index in [2.05, 4.69) is 15.9 Å². The Morgan fingerprint density at radius 2 is 1.05 bits per heavy atom. The third kappa shape index (κ3) is 5.42. The lowest BCUT2D eigenvalue weighted by molar-refractivity contribution is -0.115. The van der Waals surface area contributed by atoms with Crippen LogP contribution < -0.4 is 4.90 Å². The van der Waals surface area contributed by atoms with Crippen molar-refractivity contribution in [1.29, 1.82) is 0 Å². The number of halogens is 1. The molecule has 4 nitrogen and oxygen atoms in total. The molecular weight excluding hydrogens is 526 g/mol. The maximum absolute atomic E-state index is 13.0. The van der Waals surface area contributed by atoms with Crippen LogP contribution in [0.2, 0.25) is 0 Å². The van der Waals surface area contributed by atoms with Crippen LogP contribution in [0.4, 0.5) is 11.4 Å². The van der Waals surface area contributed by atoms with E-state index < -0.39 is 0 Å². The minimum atomic E-state index is -0.0667. The summed E-state index contributed by atoms with van der Waals surface area (Å²) in [5.74, 6) is 0.644. The average molecular weight is 559 g/mol. The van der Waals surface area contributed by atoms with Crippen LogP contribution in [-0.4, -0.2) is 21.5 Å². The maximum Gasteiger partial charge on any atom is 0.242 e. The molecule has 0 aliphatic carbocycles. The number of aromatic hydroxyl groups is 2. The summed E-state index contributed by atoms with van der Waals surface area (Å²) >= 11 is 3.33. The predicted molar refractivity (Wildman–Crippen MR) is 156 cm³/mol. The first-order valence-corrected chi connectivity index (χ1v) is 13.6. The number of nitrogens with zero attached hydrogens (tertiary/aromatic N) is 1. The molecule has 0 unspecified atom stereocenters. The van der Waals surface area contributed by atoms with E-state index in [-0.39, 0.29) is 11.2 Å². The van der Waals surface area contributed by atoms with Gasteiger partial charge in [0.2, 0.25) is 5.91 Å². The molecule has 0 saturated carbocycles. The summed E-state index contributed by atoms with van der Waals surface area (Å²) < 4.78 is 0. The number of amides is 1. The van der Waals surface area contributed by atoms with Crippen LogP contribution in [0.3, 0.4) is 0 Å². The van der Waals surface area contributed by atoms with Crippen molar-refractivity contribution in [3.8, 4) is 33.8 Å². The molecule has 4 aromatic carbocycles. The third-order valence-corrected chi connectivity index (χ3v) is 7.28. The van der Waals surface area contributed by atoms with E-state index in [1.54, 1.807) is 4.90 Å². The molecule has 4 aromatic rings. The Hall–Kier alpha value is -3.57. The lowest BCUT2D eigenvalue weighted by atomic mass is 9.97. The molecule has 0 atom stereocenters. The Morgan fingerprint density at radius 3 is 1.38 bits per heavy atom. The second-order valence-electron chi connectivity index (χ2n) is 9.27. The van der Waals surface area contributed by atoms with Crippen LogP contribution in [0, 0.1) is 13.8 Å². The number of aryl methyl sites for hydroxylation is 4. The van der Waals surface area contributed by atoms with Gasteiger partial charge in [-0.3, -0.25) is 9.69 Å². The highest BCUT2D eigenvalue weighted by Crippen LogP contribution is 2.35. The molecule has 4 rings (SSSR count). The van der Waals surface area contributed by atoms with Crippen molar-refractivity contribution in [2.45, 2.75) is 40.5 Å². The normalized spacial score (nSPS) is 10.9. The molecule has 0 heterocycles. The fourth-order valence-corrected chi connectivity index (χ4v) is 4.93. The zero-order chi connectivity index (χ0) is 26.7. The van der Waals surface area contributed by atoms with E-state index in [1.165, 1.54) is 0 Å². The van der Waals surface area contributed by atoms with E-state index in [1.807, 2.05) is 100 Å². The number of anilines is 2. The van der Waals surface area contributed by atoms with Gasteiger partial charge in [0.05, 0.1) is 5.33 Å². The van der Waals surface area contributed by atoms with E-state index in [4.69, 9.17) is 0 Å². The first-order valence-electron chi connectivity index (χ1n) is 12.5. The van der Waals surface area contributed by atoms with Gasteiger partial charge in [0.25, 0.3) is 0 Å². The highest BCUT2D eigenvalue weighted by molar-refractivity contribution is 9.09. The third-order valence-electron chi connectivity index (χ3n) is 6.80. The van der Waals surface area contributed by atoms with Gasteiger partial charge in [0.15, 0.2) is 0 Å². The lowest BCUT2D eigenvalue weighted by Gasteiger charge is -2.23. The number of phenols is 2. The van der Waals surface area contributed by atoms with Crippen molar-refractivity contribution >= 4 is 33.2 Å². The molecule has 0 aliphatic rings. The number of carbonyl (C=O) groups is 1. The summed E-state index contributed by atoms with van der Waals surface area (Å²) in [6.45, 7) is 7.88. The molecule has 2 N–H and O–H groups in total. The molecule has 0 aromatic heterocycles. The molecule has 5 heteroatoms. The van der Waals surface area contributed by atoms with Crippen molar-refractivity contribution in [3.05, 3.63) is 95.1 Å². The molecule has 0 spiro atoms. The van der Waals surface area contributed by atoms with Crippen molar-refractivity contribution < 1.29 is 15.0 Å². The second kappa shape index (κ2) is 11.2. The van der Waals surface area contributed by atoms with Crippen molar-refractivity contribution in [2.75, 3.05) is 10.2 Å². The Balaban J connectivity index is 1.67. The summed E-state index contributed by atoms with van der Waals surface area (Å²) in [6, 6.07) is 23.9. The molecule has 0 fully saturated rings. The van der Waals surface area contributed by atoms with Gasteiger partial charge in [0.1, 0.15) is 11.5 Å². The van der Waals surface area contributed by atoms with Crippen LogP contribution in [0.25, 0.3) is 22.3 Å². The lowest BCUT2D eigenvalue weighted by Crippen LogP contribution is -2.26. The van der Waals surface area contributed by atoms with E-state index in [0.717, 1.165) is 68.7 Å². The van der Waals surface area contributed by atoms with Crippen LogP contribution in [0.1, 0.15) is 36.1 Å². The molecule has 0 bridgehead atoms. The highest BCUT2D eigenvalue weighted by atomic mass is 79.9. The van der Waals surface area contributed by atoms with Crippen LogP contribution in [-0.2, 0) is 17.6 Å². The summed E-state index contributed by atoms with van der Waals surface area (Å²) in [7, 11) is 0. The molecule has 0 saturated heterocycles. The SMILES string of the molecule is CCc1cc(-c2ccc(N(C(=O)CBr)c3ccc(-c4cc(C)c(O)c(CC)c4)cc3)cc2)cc(C)c1O. The topological polar surface area (TPSA) is 60.8 Å². The Kier molecular flexibility index (Phi) is 8.03. The maximum atomic E-state index is 13.0. The quantitative estimate of drug-likeness (QED) is 0.225. The van der Waals surface area contributed by atoms with Crippen LogP contribution in [0.15, 0.2) is 72.8 Å². The molecule has 0 aliphatic heterocycles. The van der Waals surface area contributed by atoms with Gasteiger partial charge in [-0.1, -0.05) is 54.0 Å². The molecule has 190 valence electrons. The van der Waals surface area contributed by atoms with Gasteiger partial charge in [-0.15, -0.1) is 0 Å². The monoisotopic (exact) mass is 557 g/mol. The van der Waals surface area contributed by atoms with Gasteiger partial charge in [-0.2, -0.15) is 0 Å². The number of alkyl halides is 1. The number of phenolic OH excluding ortho intramolecular Hbond substituents is 2. The number of benzene rings is 4. The van der Waals surface area contributed by atoms with Gasteiger partial charge in [0, 0.05) is 11.4 Å². The first-order chi connectivity index (χ1) is 17.8. The van der Waals surface area contributed by atoms with E-state index in [9.17, 15) is 15.0 Å². The number of rotatable bonds is 7. The summed E-state index contributed by atoms with van der Waals surface area (Å²) in [4.78, 5) is 14.7. The zero-order valence-corrected chi connectivity index (χ0v) is 23.3. The summed E-state index contributed by atoms with van der Waals surface area (Å²) in [5.41, 5.74) is 9.23. The first kappa shape index (κ1) is 26.5. The highest BCUT2D eigenvalue weighted by Gasteiger charge is 2.18. The smallest absolute Gasteiger partial charge is 0.242 e. The Bertz CT molecular complexity index is 1320. The minimum absolute atomic E-state index is 0.0667. The fourth-order valence-electron chi connectivity index (χ4n) is 4.68. The van der Waals surface area contributed by atoms with Gasteiger partial charge < -0.3 is 10.2 Å². The van der Waals surface area contributed by atoms with Crippen molar-refractivity contribution in [1.82, 2.24) is 0 Å². The van der Waals surface area contributed by atoms with Crippen LogP contribution >= 0.6 is 15.9 Å². The Morgan fingerprint density at radius 1 is 0.676 bits per heavy atom. The van der Waals surface area contributed by atoms with Crippen molar-refractivity contribution in [2.24, 2.45) is 0 Å². The number of hydrogen-bond acceptors (Lipinski definition) is 3. The summed E-state index contributed by atoms with van der Waals surface area (Å²) in [5, 5.41) is 20.8. The molecule has 0 radical (unpaired) electrons. The van der Waals surface area contributed by atoms with Gasteiger partial charge in [-0.05, 0) is 120 Å². The van der Waals surface area contributed by atoms with E-state index in [0.29, 0.717) is 11.5 Å². The second-order valence-corrected chi connectivity index (χ2v) is 9.83. The van der Waals surface area contributed by atoms with Gasteiger partial charge in [-0.25, -0.2) is 0 Å². The zero-order valence-electron chi connectivity index (χ0n) is 21.7.